The quantitative estimate of drug-likeness (QED) is 0.856. The molecule has 0 aromatic heterocycles. The van der Waals surface area contributed by atoms with Crippen LogP contribution in [-0.2, 0) is 0 Å². The molecule has 1 aromatic carbocycles. The van der Waals surface area contributed by atoms with Crippen LogP contribution >= 0.6 is 0 Å². The van der Waals surface area contributed by atoms with Crippen molar-refractivity contribution >= 4 is 0 Å². The summed E-state index contributed by atoms with van der Waals surface area (Å²) in [7, 11) is 2.09. The van der Waals surface area contributed by atoms with Crippen molar-refractivity contribution in [2.24, 2.45) is 0 Å². The maximum Gasteiger partial charge on any atom is 0.119 e. The third kappa shape index (κ3) is 3.26. The minimum Gasteiger partial charge on any atom is -0.494 e. The van der Waals surface area contributed by atoms with E-state index in [1.807, 2.05) is 0 Å². The van der Waals surface area contributed by atoms with Crippen molar-refractivity contribution in [2.75, 3.05) is 13.7 Å². The molecular formula is C16H25NO. The van der Waals surface area contributed by atoms with Gasteiger partial charge in [-0.25, -0.2) is 0 Å². The van der Waals surface area contributed by atoms with Gasteiger partial charge in [0.25, 0.3) is 0 Å². The highest BCUT2D eigenvalue weighted by atomic mass is 16.5. The summed E-state index contributed by atoms with van der Waals surface area (Å²) in [4.78, 5) is 0. The van der Waals surface area contributed by atoms with Crippen LogP contribution in [0.3, 0.4) is 0 Å². The van der Waals surface area contributed by atoms with Crippen LogP contribution in [0.1, 0.15) is 50.5 Å². The van der Waals surface area contributed by atoms with Crippen LogP contribution in [0.5, 0.6) is 5.75 Å². The first-order valence-corrected chi connectivity index (χ1v) is 7.25. The predicted octanol–water partition coefficient (Wildman–Crippen LogP) is 3.72. The third-order valence-electron chi connectivity index (χ3n) is 3.92. The number of hydrogen-bond donors (Lipinski definition) is 1. The fourth-order valence-electron chi connectivity index (χ4n) is 2.91. The standard InChI is InChI=1S/C16H25NO/c1-3-12-18-14-10-8-13(9-11-14)15-6-4-5-7-16(15)17-2/h8-11,15-17H,3-7,12H2,1-2H3. The average molecular weight is 247 g/mol. The van der Waals surface area contributed by atoms with Crippen molar-refractivity contribution < 1.29 is 4.74 Å². The Kier molecular flexibility index (Phi) is 5.06. The summed E-state index contributed by atoms with van der Waals surface area (Å²) < 4.78 is 5.64. The Bertz CT molecular complexity index is 347. The zero-order valence-electron chi connectivity index (χ0n) is 11.6. The molecule has 0 aliphatic heterocycles. The van der Waals surface area contributed by atoms with Crippen LogP contribution in [-0.4, -0.2) is 19.7 Å². The van der Waals surface area contributed by atoms with E-state index in [1.54, 1.807) is 0 Å². The van der Waals surface area contributed by atoms with Gasteiger partial charge in [0.2, 0.25) is 0 Å². The minimum atomic E-state index is 0.640. The Hall–Kier alpha value is -1.02. The Balaban J connectivity index is 2.03. The van der Waals surface area contributed by atoms with Gasteiger partial charge in [-0.3, -0.25) is 0 Å². The van der Waals surface area contributed by atoms with Gasteiger partial charge in [-0.1, -0.05) is 31.9 Å². The van der Waals surface area contributed by atoms with Crippen LogP contribution in [0.15, 0.2) is 24.3 Å². The van der Waals surface area contributed by atoms with Gasteiger partial charge in [0.1, 0.15) is 5.75 Å². The molecule has 0 radical (unpaired) electrons. The van der Waals surface area contributed by atoms with Gasteiger partial charge < -0.3 is 10.1 Å². The number of hydrogen-bond acceptors (Lipinski definition) is 2. The summed E-state index contributed by atoms with van der Waals surface area (Å²) in [5, 5.41) is 3.47. The summed E-state index contributed by atoms with van der Waals surface area (Å²) >= 11 is 0. The molecule has 2 nitrogen and oxygen atoms in total. The summed E-state index contributed by atoms with van der Waals surface area (Å²) in [6.07, 6.45) is 6.39. The van der Waals surface area contributed by atoms with Gasteiger partial charge in [0.15, 0.2) is 0 Å². The normalized spacial score (nSPS) is 23.9. The molecule has 2 rings (SSSR count). The maximum atomic E-state index is 5.64. The van der Waals surface area contributed by atoms with Crippen molar-refractivity contribution in [3.63, 3.8) is 0 Å². The second-order valence-electron chi connectivity index (χ2n) is 5.20. The van der Waals surface area contributed by atoms with Crippen LogP contribution in [0.4, 0.5) is 0 Å². The van der Waals surface area contributed by atoms with E-state index >= 15 is 0 Å². The number of rotatable bonds is 5. The molecule has 1 fully saturated rings. The predicted molar refractivity (Wildman–Crippen MR) is 76.3 cm³/mol. The van der Waals surface area contributed by atoms with Gasteiger partial charge in [0, 0.05) is 6.04 Å². The Morgan fingerprint density at radius 2 is 1.89 bits per heavy atom. The lowest BCUT2D eigenvalue weighted by Crippen LogP contribution is -2.34. The summed E-state index contributed by atoms with van der Waals surface area (Å²) in [5.74, 6) is 1.67. The SMILES string of the molecule is CCCOc1ccc(C2CCCCC2NC)cc1. The number of nitrogens with one attached hydrogen (secondary N) is 1. The van der Waals surface area contributed by atoms with Crippen molar-refractivity contribution in [1.82, 2.24) is 5.32 Å². The lowest BCUT2D eigenvalue weighted by Gasteiger charge is -2.31. The average Bonchev–Trinajstić information content (AvgIpc) is 2.45. The highest BCUT2D eigenvalue weighted by Gasteiger charge is 2.24. The number of ether oxygens (including phenoxy) is 1. The zero-order valence-corrected chi connectivity index (χ0v) is 11.6. The molecule has 1 saturated carbocycles. The molecule has 1 aliphatic carbocycles. The summed E-state index contributed by atoms with van der Waals surface area (Å²) in [6, 6.07) is 9.36. The first-order valence-electron chi connectivity index (χ1n) is 7.25. The Morgan fingerprint density at radius 1 is 1.17 bits per heavy atom. The fraction of sp³-hybridized carbons (Fsp3) is 0.625. The molecule has 1 N–H and O–H groups in total. The van der Waals surface area contributed by atoms with E-state index in [0.717, 1.165) is 18.8 Å². The van der Waals surface area contributed by atoms with E-state index in [2.05, 4.69) is 43.6 Å². The molecule has 0 amide bonds. The molecule has 2 heteroatoms. The van der Waals surface area contributed by atoms with Gasteiger partial charge >= 0.3 is 0 Å². The number of benzene rings is 1. The Labute approximate surface area is 111 Å². The first kappa shape index (κ1) is 13.4. The molecule has 2 unspecified atom stereocenters. The third-order valence-corrected chi connectivity index (χ3v) is 3.92. The Morgan fingerprint density at radius 3 is 2.56 bits per heavy atom. The second kappa shape index (κ2) is 6.79. The van der Waals surface area contributed by atoms with E-state index in [9.17, 15) is 0 Å². The van der Waals surface area contributed by atoms with Crippen molar-refractivity contribution in [3.05, 3.63) is 29.8 Å². The molecule has 1 aromatic rings. The van der Waals surface area contributed by atoms with Crippen molar-refractivity contribution in [2.45, 2.75) is 51.0 Å². The van der Waals surface area contributed by atoms with E-state index in [4.69, 9.17) is 4.74 Å². The van der Waals surface area contributed by atoms with Crippen molar-refractivity contribution in [1.29, 1.82) is 0 Å². The van der Waals surface area contributed by atoms with Crippen LogP contribution < -0.4 is 10.1 Å². The van der Waals surface area contributed by atoms with E-state index in [0.29, 0.717) is 12.0 Å². The molecule has 1 aliphatic rings. The highest BCUT2D eigenvalue weighted by molar-refractivity contribution is 5.30. The summed E-state index contributed by atoms with van der Waals surface area (Å²) in [6.45, 7) is 2.94. The van der Waals surface area contributed by atoms with Gasteiger partial charge in [0.05, 0.1) is 6.61 Å². The van der Waals surface area contributed by atoms with Crippen LogP contribution in [0, 0.1) is 0 Å². The molecular weight excluding hydrogens is 222 g/mol. The molecule has 100 valence electrons. The summed E-state index contributed by atoms with van der Waals surface area (Å²) in [5.41, 5.74) is 1.46. The highest BCUT2D eigenvalue weighted by Crippen LogP contribution is 2.33. The lowest BCUT2D eigenvalue weighted by molar-refractivity contribution is 0.316. The molecule has 2 atom stereocenters. The zero-order chi connectivity index (χ0) is 12.8. The van der Waals surface area contributed by atoms with E-state index in [1.165, 1.54) is 31.2 Å². The largest absolute Gasteiger partial charge is 0.494 e. The molecule has 0 heterocycles. The topological polar surface area (TPSA) is 21.3 Å². The van der Waals surface area contributed by atoms with Gasteiger partial charge in [-0.05, 0) is 49.9 Å². The van der Waals surface area contributed by atoms with Crippen LogP contribution in [0.25, 0.3) is 0 Å². The second-order valence-corrected chi connectivity index (χ2v) is 5.20. The van der Waals surface area contributed by atoms with E-state index in [-0.39, 0.29) is 0 Å². The van der Waals surface area contributed by atoms with Crippen molar-refractivity contribution in [3.8, 4) is 5.75 Å². The molecule has 18 heavy (non-hydrogen) atoms. The minimum absolute atomic E-state index is 0.640. The van der Waals surface area contributed by atoms with Gasteiger partial charge in [-0.2, -0.15) is 0 Å². The molecule has 0 spiro atoms. The monoisotopic (exact) mass is 247 g/mol. The molecule has 0 saturated heterocycles. The van der Waals surface area contributed by atoms with Gasteiger partial charge in [-0.15, -0.1) is 0 Å². The first-order chi connectivity index (χ1) is 8.85. The maximum absolute atomic E-state index is 5.64. The molecule has 0 bridgehead atoms. The lowest BCUT2D eigenvalue weighted by atomic mass is 9.80. The fourth-order valence-corrected chi connectivity index (χ4v) is 2.91. The van der Waals surface area contributed by atoms with Crippen LogP contribution in [0.2, 0.25) is 0 Å². The number of likely N-dealkylation sites (N-methyl/N-ethyl adjacent to an activating group) is 1. The van der Waals surface area contributed by atoms with E-state index < -0.39 is 0 Å². The smallest absolute Gasteiger partial charge is 0.119 e.